The molecule has 3 N–H and O–H groups in total. The molecule has 1 aromatic carbocycles. The average Bonchev–Trinajstić information content (AvgIpc) is 2.85. The largest absolute Gasteiger partial charge is 0.334 e. The molecule has 0 aliphatic carbocycles. The van der Waals surface area contributed by atoms with Gasteiger partial charge in [-0.3, -0.25) is 5.84 Å². The number of aryl methyl sites for hydroxylation is 1. The minimum absolute atomic E-state index is 0.122. The number of hydrogen-bond donors (Lipinski definition) is 2. The van der Waals surface area contributed by atoms with Gasteiger partial charge in [-0.1, -0.05) is 19.1 Å². The number of benzene rings is 1. The van der Waals surface area contributed by atoms with E-state index in [1.165, 1.54) is 12.1 Å². The zero-order chi connectivity index (χ0) is 13.7. The third-order valence-corrected chi connectivity index (χ3v) is 3.05. The summed E-state index contributed by atoms with van der Waals surface area (Å²) in [5.74, 6) is 6.27. The fourth-order valence-corrected chi connectivity index (χ4v) is 2.19. The lowest BCUT2D eigenvalue weighted by molar-refractivity contribution is 0.487. The molecule has 1 atom stereocenters. The minimum Gasteiger partial charge on any atom is -0.334 e. The summed E-state index contributed by atoms with van der Waals surface area (Å²) < 4.78 is 15.3. The van der Waals surface area contributed by atoms with Gasteiger partial charge in [-0.15, -0.1) is 0 Å². The molecule has 5 heteroatoms. The summed E-state index contributed by atoms with van der Waals surface area (Å²) in [6, 6.07) is 6.43. The molecule has 0 aliphatic heterocycles. The normalized spacial score (nSPS) is 12.6. The van der Waals surface area contributed by atoms with Crippen molar-refractivity contribution in [3.63, 3.8) is 0 Å². The number of hydrogen-bond acceptors (Lipinski definition) is 3. The maximum Gasteiger partial charge on any atom is 0.127 e. The first kappa shape index (κ1) is 13.7. The van der Waals surface area contributed by atoms with Crippen molar-refractivity contribution in [2.75, 3.05) is 0 Å². The van der Waals surface area contributed by atoms with Gasteiger partial charge in [-0.25, -0.2) is 14.8 Å². The van der Waals surface area contributed by atoms with E-state index < -0.39 is 0 Å². The SMILES string of the molecule is CCCn1ccnc1C(Cc1cccc(F)c1)NN. The zero-order valence-corrected chi connectivity index (χ0v) is 11.0. The number of nitrogens with one attached hydrogen (secondary N) is 1. The van der Waals surface area contributed by atoms with Crippen LogP contribution in [0.5, 0.6) is 0 Å². The van der Waals surface area contributed by atoms with E-state index in [9.17, 15) is 4.39 Å². The van der Waals surface area contributed by atoms with Crippen LogP contribution in [0.15, 0.2) is 36.7 Å². The van der Waals surface area contributed by atoms with Crippen LogP contribution in [0.25, 0.3) is 0 Å². The van der Waals surface area contributed by atoms with Crippen molar-refractivity contribution < 1.29 is 4.39 Å². The second-order valence-corrected chi connectivity index (χ2v) is 4.53. The van der Waals surface area contributed by atoms with Crippen LogP contribution in [-0.2, 0) is 13.0 Å². The molecule has 0 radical (unpaired) electrons. The van der Waals surface area contributed by atoms with Crippen molar-refractivity contribution >= 4 is 0 Å². The van der Waals surface area contributed by atoms with Crippen LogP contribution in [-0.4, -0.2) is 9.55 Å². The number of hydrazine groups is 1. The van der Waals surface area contributed by atoms with Gasteiger partial charge in [0.15, 0.2) is 0 Å². The first-order valence-corrected chi connectivity index (χ1v) is 6.46. The summed E-state index contributed by atoms with van der Waals surface area (Å²) in [7, 11) is 0. The molecule has 0 fully saturated rings. The lowest BCUT2D eigenvalue weighted by Gasteiger charge is -2.17. The van der Waals surface area contributed by atoms with E-state index in [1.807, 2.05) is 12.3 Å². The summed E-state index contributed by atoms with van der Waals surface area (Å²) in [5, 5.41) is 0. The number of nitrogens with two attached hydrogens (primary N) is 1. The predicted octanol–water partition coefficient (Wildman–Crippen LogP) is 2.18. The van der Waals surface area contributed by atoms with Crippen LogP contribution in [0.3, 0.4) is 0 Å². The third kappa shape index (κ3) is 3.39. The number of nitrogens with zero attached hydrogens (tertiary/aromatic N) is 2. The van der Waals surface area contributed by atoms with Gasteiger partial charge in [-0.2, -0.15) is 0 Å². The van der Waals surface area contributed by atoms with E-state index in [1.54, 1.807) is 12.3 Å². The van der Waals surface area contributed by atoms with Crippen molar-refractivity contribution in [1.82, 2.24) is 15.0 Å². The van der Waals surface area contributed by atoms with E-state index in [2.05, 4.69) is 21.9 Å². The number of imidazole rings is 1. The highest BCUT2D eigenvalue weighted by atomic mass is 19.1. The molecule has 0 aliphatic rings. The second kappa shape index (κ2) is 6.45. The van der Waals surface area contributed by atoms with E-state index in [0.29, 0.717) is 6.42 Å². The maximum absolute atomic E-state index is 13.2. The van der Waals surface area contributed by atoms with Gasteiger partial charge in [-0.05, 0) is 30.5 Å². The topological polar surface area (TPSA) is 55.9 Å². The number of rotatable bonds is 6. The lowest BCUT2D eigenvalue weighted by atomic mass is 10.1. The Kier molecular flexibility index (Phi) is 4.65. The molecule has 1 unspecified atom stereocenters. The summed E-state index contributed by atoms with van der Waals surface area (Å²) in [6.45, 7) is 3.01. The summed E-state index contributed by atoms with van der Waals surface area (Å²) in [5.41, 5.74) is 3.66. The highest BCUT2D eigenvalue weighted by molar-refractivity contribution is 5.19. The molecule has 0 spiro atoms. The van der Waals surface area contributed by atoms with Crippen molar-refractivity contribution in [2.24, 2.45) is 5.84 Å². The molecule has 2 rings (SSSR count). The zero-order valence-electron chi connectivity index (χ0n) is 11.0. The standard InChI is InChI=1S/C14H19FN4/c1-2-7-19-8-6-17-14(19)13(18-16)10-11-4-3-5-12(15)9-11/h3-6,8-9,13,18H,2,7,10,16H2,1H3. The molecular formula is C14H19FN4. The van der Waals surface area contributed by atoms with Gasteiger partial charge >= 0.3 is 0 Å². The van der Waals surface area contributed by atoms with Gasteiger partial charge in [0.1, 0.15) is 11.6 Å². The van der Waals surface area contributed by atoms with E-state index in [-0.39, 0.29) is 11.9 Å². The van der Waals surface area contributed by atoms with Crippen LogP contribution in [0, 0.1) is 5.82 Å². The molecular weight excluding hydrogens is 243 g/mol. The van der Waals surface area contributed by atoms with E-state index in [0.717, 1.165) is 24.4 Å². The molecule has 0 amide bonds. The molecule has 19 heavy (non-hydrogen) atoms. The summed E-state index contributed by atoms with van der Waals surface area (Å²) in [4.78, 5) is 4.35. The van der Waals surface area contributed by atoms with Crippen LogP contribution >= 0.6 is 0 Å². The van der Waals surface area contributed by atoms with Gasteiger partial charge in [0.05, 0.1) is 6.04 Å². The maximum atomic E-state index is 13.2. The van der Waals surface area contributed by atoms with E-state index in [4.69, 9.17) is 5.84 Å². The van der Waals surface area contributed by atoms with Gasteiger partial charge in [0.2, 0.25) is 0 Å². The Morgan fingerprint density at radius 1 is 1.47 bits per heavy atom. The molecule has 0 saturated heterocycles. The molecule has 0 bridgehead atoms. The second-order valence-electron chi connectivity index (χ2n) is 4.53. The molecule has 0 saturated carbocycles. The Hall–Kier alpha value is -1.72. The first-order valence-electron chi connectivity index (χ1n) is 6.46. The van der Waals surface area contributed by atoms with Gasteiger partial charge in [0.25, 0.3) is 0 Å². The Labute approximate surface area is 112 Å². The molecule has 1 aromatic heterocycles. The number of halogens is 1. The van der Waals surface area contributed by atoms with Crippen LogP contribution in [0.1, 0.15) is 30.8 Å². The highest BCUT2D eigenvalue weighted by Gasteiger charge is 2.16. The third-order valence-electron chi connectivity index (χ3n) is 3.05. The van der Waals surface area contributed by atoms with Crippen molar-refractivity contribution in [3.8, 4) is 0 Å². The van der Waals surface area contributed by atoms with Crippen molar-refractivity contribution in [3.05, 3.63) is 53.9 Å². The highest BCUT2D eigenvalue weighted by Crippen LogP contribution is 2.17. The molecule has 4 nitrogen and oxygen atoms in total. The van der Waals surface area contributed by atoms with Crippen LogP contribution < -0.4 is 11.3 Å². The van der Waals surface area contributed by atoms with Crippen LogP contribution in [0.4, 0.5) is 4.39 Å². The summed E-state index contributed by atoms with van der Waals surface area (Å²) in [6.07, 6.45) is 5.34. The van der Waals surface area contributed by atoms with Crippen molar-refractivity contribution in [2.45, 2.75) is 32.4 Å². The van der Waals surface area contributed by atoms with Gasteiger partial charge in [0, 0.05) is 18.9 Å². The Balaban J connectivity index is 2.18. The smallest absolute Gasteiger partial charge is 0.127 e. The monoisotopic (exact) mass is 262 g/mol. The van der Waals surface area contributed by atoms with Gasteiger partial charge < -0.3 is 4.57 Å². The summed E-state index contributed by atoms with van der Waals surface area (Å²) >= 11 is 0. The van der Waals surface area contributed by atoms with E-state index >= 15 is 0 Å². The Morgan fingerprint density at radius 2 is 2.32 bits per heavy atom. The quantitative estimate of drug-likeness (QED) is 0.619. The number of aromatic nitrogens is 2. The Morgan fingerprint density at radius 3 is 3.00 bits per heavy atom. The fourth-order valence-electron chi connectivity index (χ4n) is 2.19. The lowest BCUT2D eigenvalue weighted by Crippen LogP contribution is -2.31. The predicted molar refractivity (Wildman–Crippen MR) is 72.7 cm³/mol. The minimum atomic E-state index is -0.231. The fraction of sp³-hybridized carbons (Fsp3) is 0.357. The molecule has 2 aromatic rings. The first-order chi connectivity index (χ1) is 9.24. The average molecular weight is 262 g/mol. The molecule has 102 valence electrons. The van der Waals surface area contributed by atoms with Crippen molar-refractivity contribution in [1.29, 1.82) is 0 Å². The Bertz CT molecular complexity index is 524. The molecule has 1 heterocycles. The van der Waals surface area contributed by atoms with Crippen LogP contribution in [0.2, 0.25) is 0 Å².